The largest absolute Gasteiger partial charge is 0.469 e. The van der Waals surface area contributed by atoms with Crippen molar-refractivity contribution in [2.24, 2.45) is 5.92 Å². The van der Waals surface area contributed by atoms with Crippen molar-refractivity contribution in [3.63, 3.8) is 0 Å². The number of quaternary nitrogens is 1. The van der Waals surface area contributed by atoms with Crippen LogP contribution in [0.2, 0.25) is 0 Å². The summed E-state index contributed by atoms with van der Waals surface area (Å²) in [7, 11) is 3.72. The summed E-state index contributed by atoms with van der Waals surface area (Å²) in [6, 6.07) is 31.3. The SMILES string of the molecule is COC(=O)[C@@H](C)C(c1ccccc1)[N+](C)(Cc1ccccc1)Cc1ccccc1. The van der Waals surface area contributed by atoms with Gasteiger partial charge >= 0.3 is 5.97 Å². The highest BCUT2D eigenvalue weighted by Crippen LogP contribution is 2.38. The smallest absolute Gasteiger partial charge is 0.314 e. The second kappa shape index (κ2) is 9.53. The minimum atomic E-state index is -0.278. The van der Waals surface area contributed by atoms with Crippen LogP contribution in [-0.2, 0) is 22.6 Å². The van der Waals surface area contributed by atoms with Crippen molar-refractivity contribution in [1.29, 1.82) is 0 Å². The summed E-state index contributed by atoms with van der Waals surface area (Å²) in [6.45, 7) is 3.61. The number of carbonyl (C=O) groups excluding carboxylic acids is 1. The number of esters is 1. The minimum Gasteiger partial charge on any atom is -0.469 e. The summed E-state index contributed by atoms with van der Waals surface area (Å²) in [5.74, 6) is -0.454. The van der Waals surface area contributed by atoms with Crippen LogP contribution in [0.15, 0.2) is 91.0 Å². The number of rotatable bonds is 8. The molecule has 0 amide bonds. The van der Waals surface area contributed by atoms with E-state index < -0.39 is 0 Å². The quantitative estimate of drug-likeness (QED) is 0.382. The first-order valence-corrected chi connectivity index (χ1v) is 10.1. The summed E-state index contributed by atoms with van der Waals surface area (Å²) in [5.41, 5.74) is 3.66. The molecule has 1 unspecified atom stereocenters. The minimum absolute atomic E-state index is 0.0379. The third-order valence-electron chi connectivity index (χ3n) is 5.63. The fourth-order valence-electron chi connectivity index (χ4n) is 4.41. The number of hydrogen-bond acceptors (Lipinski definition) is 2. The molecule has 0 radical (unpaired) electrons. The van der Waals surface area contributed by atoms with Crippen LogP contribution in [0.4, 0.5) is 0 Å². The lowest BCUT2D eigenvalue weighted by molar-refractivity contribution is -0.967. The van der Waals surface area contributed by atoms with Crippen LogP contribution in [0.25, 0.3) is 0 Å². The monoisotopic (exact) mass is 388 g/mol. The number of methoxy groups -OCH3 is 1. The second-order valence-electron chi connectivity index (χ2n) is 7.93. The highest BCUT2D eigenvalue weighted by Gasteiger charge is 2.41. The molecule has 0 aliphatic heterocycles. The van der Waals surface area contributed by atoms with Crippen LogP contribution in [0, 0.1) is 5.92 Å². The lowest BCUT2D eigenvalue weighted by Crippen LogP contribution is -2.49. The Labute approximate surface area is 174 Å². The van der Waals surface area contributed by atoms with Crippen molar-refractivity contribution in [3.05, 3.63) is 108 Å². The molecule has 29 heavy (non-hydrogen) atoms. The molecular weight excluding hydrogens is 358 g/mol. The first-order chi connectivity index (χ1) is 14.0. The van der Waals surface area contributed by atoms with E-state index >= 15 is 0 Å². The maximum Gasteiger partial charge on any atom is 0.314 e. The van der Waals surface area contributed by atoms with E-state index in [0.29, 0.717) is 4.48 Å². The fraction of sp³-hybridized carbons (Fsp3) is 0.269. The molecule has 0 aromatic heterocycles. The molecule has 3 aromatic rings. The topological polar surface area (TPSA) is 26.3 Å². The molecule has 3 aromatic carbocycles. The third-order valence-corrected chi connectivity index (χ3v) is 5.63. The van der Waals surface area contributed by atoms with E-state index in [-0.39, 0.29) is 17.9 Å². The highest BCUT2D eigenvalue weighted by molar-refractivity contribution is 5.72. The third kappa shape index (κ3) is 5.12. The first-order valence-electron chi connectivity index (χ1n) is 10.1. The number of hydrogen-bond donors (Lipinski definition) is 0. The molecule has 0 fully saturated rings. The summed E-state index contributed by atoms with van der Waals surface area (Å²) >= 11 is 0. The van der Waals surface area contributed by atoms with Gasteiger partial charge in [-0.2, -0.15) is 0 Å². The van der Waals surface area contributed by atoms with Gasteiger partial charge in [0, 0.05) is 16.7 Å². The molecule has 0 saturated carbocycles. The Balaban J connectivity index is 2.09. The van der Waals surface area contributed by atoms with Crippen molar-refractivity contribution in [2.75, 3.05) is 14.2 Å². The van der Waals surface area contributed by atoms with Crippen molar-refractivity contribution < 1.29 is 14.0 Å². The van der Waals surface area contributed by atoms with Gasteiger partial charge < -0.3 is 9.22 Å². The standard InChI is InChI=1S/C26H30NO2/c1-21(26(28)29-3)25(24-17-11-6-12-18-24)27(2,19-22-13-7-4-8-14-22)20-23-15-9-5-10-16-23/h4-18,21,25H,19-20H2,1-3H3/q+1/t21-,25?/m0/s1. The lowest BCUT2D eigenvalue weighted by atomic mass is 9.89. The van der Waals surface area contributed by atoms with Crippen LogP contribution in [-0.4, -0.2) is 24.6 Å². The van der Waals surface area contributed by atoms with Crippen LogP contribution in [0.1, 0.15) is 29.7 Å². The Morgan fingerprint density at radius 2 is 1.21 bits per heavy atom. The predicted octanol–water partition coefficient (Wildman–Crippen LogP) is 5.38. The van der Waals surface area contributed by atoms with E-state index in [0.717, 1.165) is 18.7 Å². The molecule has 0 bridgehead atoms. The van der Waals surface area contributed by atoms with Crippen LogP contribution < -0.4 is 0 Å². The zero-order valence-electron chi connectivity index (χ0n) is 17.5. The Bertz CT molecular complexity index is 852. The van der Waals surface area contributed by atoms with Crippen molar-refractivity contribution >= 4 is 5.97 Å². The van der Waals surface area contributed by atoms with Crippen LogP contribution >= 0.6 is 0 Å². The zero-order valence-corrected chi connectivity index (χ0v) is 17.5. The van der Waals surface area contributed by atoms with Crippen molar-refractivity contribution in [2.45, 2.75) is 26.1 Å². The van der Waals surface area contributed by atoms with Crippen molar-refractivity contribution in [3.8, 4) is 0 Å². The van der Waals surface area contributed by atoms with E-state index in [1.54, 1.807) is 0 Å². The van der Waals surface area contributed by atoms with Crippen molar-refractivity contribution in [1.82, 2.24) is 0 Å². The lowest BCUT2D eigenvalue weighted by Gasteiger charge is -2.44. The number of ether oxygens (including phenoxy) is 1. The molecule has 2 atom stereocenters. The van der Waals surface area contributed by atoms with Gasteiger partial charge in [0.15, 0.2) is 0 Å². The molecule has 3 nitrogen and oxygen atoms in total. The maximum absolute atomic E-state index is 12.6. The predicted molar refractivity (Wildman–Crippen MR) is 117 cm³/mol. The molecule has 0 saturated heterocycles. The Morgan fingerprint density at radius 3 is 1.62 bits per heavy atom. The van der Waals surface area contributed by atoms with Gasteiger partial charge in [-0.15, -0.1) is 0 Å². The van der Waals surface area contributed by atoms with Gasteiger partial charge in [-0.25, -0.2) is 0 Å². The number of benzene rings is 3. The van der Waals surface area contributed by atoms with Crippen LogP contribution in [0.3, 0.4) is 0 Å². The number of nitrogens with zero attached hydrogens (tertiary/aromatic N) is 1. The van der Waals surface area contributed by atoms with Gasteiger partial charge in [-0.05, 0) is 6.92 Å². The average molecular weight is 389 g/mol. The van der Waals surface area contributed by atoms with E-state index in [9.17, 15) is 4.79 Å². The second-order valence-corrected chi connectivity index (χ2v) is 7.93. The van der Waals surface area contributed by atoms with Gasteiger partial charge in [0.25, 0.3) is 0 Å². The van der Waals surface area contributed by atoms with E-state index in [4.69, 9.17) is 4.74 Å². The van der Waals surface area contributed by atoms with Gasteiger partial charge in [0.05, 0.1) is 14.2 Å². The Morgan fingerprint density at radius 1 is 0.793 bits per heavy atom. The van der Waals surface area contributed by atoms with Gasteiger partial charge in [0.2, 0.25) is 0 Å². The molecule has 3 heteroatoms. The normalized spacial score (nSPS) is 13.5. The average Bonchev–Trinajstić information content (AvgIpc) is 2.75. The first kappa shape index (κ1) is 20.8. The van der Waals surface area contributed by atoms with Crippen LogP contribution in [0.5, 0.6) is 0 Å². The zero-order chi connectivity index (χ0) is 20.7. The van der Waals surface area contributed by atoms with Gasteiger partial charge in [0.1, 0.15) is 25.0 Å². The summed E-state index contributed by atoms with van der Waals surface area (Å²) in [5, 5.41) is 0. The molecular formula is C26H30NO2+. The van der Waals surface area contributed by atoms with E-state index in [1.807, 2.05) is 37.3 Å². The number of carbonyl (C=O) groups is 1. The molecule has 0 N–H and O–H groups in total. The summed E-state index contributed by atoms with van der Waals surface area (Å²) in [4.78, 5) is 12.6. The molecule has 0 aliphatic rings. The maximum atomic E-state index is 12.6. The summed E-state index contributed by atoms with van der Waals surface area (Å²) in [6.07, 6.45) is 0. The fourth-order valence-corrected chi connectivity index (χ4v) is 4.41. The van der Waals surface area contributed by atoms with E-state index in [1.165, 1.54) is 18.2 Å². The highest BCUT2D eigenvalue weighted by atomic mass is 16.5. The molecule has 150 valence electrons. The van der Waals surface area contributed by atoms with Gasteiger partial charge in [-0.1, -0.05) is 91.0 Å². The molecule has 0 spiro atoms. The Kier molecular flexibility index (Phi) is 6.84. The van der Waals surface area contributed by atoms with Gasteiger partial charge in [-0.3, -0.25) is 4.79 Å². The summed E-state index contributed by atoms with van der Waals surface area (Å²) < 4.78 is 5.84. The Hall–Kier alpha value is -2.91. The molecule has 0 heterocycles. The van der Waals surface area contributed by atoms with E-state index in [2.05, 4.69) is 67.7 Å². The molecule has 0 aliphatic carbocycles. The molecule has 3 rings (SSSR count).